The number of allylic oxidation sites excluding steroid dienone is 3. The lowest BCUT2D eigenvalue weighted by Gasteiger charge is -2.16. The maximum Gasteiger partial charge on any atom is 0.189 e. The summed E-state index contributed by atoms with van der Waals surface area (Å²) in [6.07, 6.45) is 3.24. The fourth-order valence-electron chi connectivity index (χ4n) is 1.80. The van der Waals surface area contributed by atoms with E-state index < -0.39 is 0 Å². The van der Waals surface area contributed by atoms with Crippen molar-refractivity contribution in [2.24, 2.45) is 0 Å². The van der Waals surface area contributed by atoms with E-state index in [1.165, 1.54) is 0 Å². The standard InChI is InChI=1S/C14H13BrO2/c1-17-13-9-11(7-8-12(13)15)14(16)10-5-3-2-4-6-10/h2-7H,8-9H2,1H3. The highest BCUT2D eigenvalue weighted by molar-refractivity contribution is 9.11. The third kappa shape index (κ3) is 2.67. The molecule has 0 fully saturated rings. The highest BCUT2D eigenvalue weighted by Gasteiger charge is 2.19. The fraction of sp³-hybridized carbons (Fsp3) is 0.214. The fourth-order valence-corrected chi connectivity index (χ4v) is 2.26. The van der Waals surface area contributed by atoms with Crippen molar-refractivity contribution >= 4 is 21.7 Å². The molecule has 0 atom stereocenters. The van der Waals surface area contributed by atoms with Crippen LogP contribution in [0.5, 0.6) is 0 Å². The predicted molar refractivity (Wildman–Crippen MR) is 71.1 cm³/mol. The molecule has 1 aliphatic carbocycles. The van der Waals surface area contributed by atoms with E-state index in [4.69, 9.17) is 4.74 Å². The van der Waals surface area contributed by atoms with Crippen molar-refractivity contribution < 1.29 is 9.53 Å². The summed E-state index contributed by atoms with van der Waals surface area (Å²) in [4.78, 5) is 12.2. The molecule has 88 valence electrons. The summed E-state index contributed by atoms with van der Waals surface area (Å²) in [6, 6.07) is 9.33. The van der Waals surface area contributed by atoms with Gasteiger partial charge in [-0.2, -0.15) is 0 Å². The Bertz CT molecular complexity index is 486. The second-order valence-electron chi connectivity index (χ2n) is 3.84. The monoisotopic (exact) mass is 292 g/mol. The molecule has 0 aliphatic heterocycles. The number of benzene rings is 1. The molecule has 0 N–H and O–H groups in total. The zero-order valence-electron chi connectivity index (χ0n) is 9.57. The molecule has 0 unspecified atom stereocenters. The number of Topliss-reactive ketones (excluding diaryl/α,β-unsaturated/α-hetero) is 1. The number of methoxy groups -OCH3 is 1. The summed E-state index contributed by atoms with van der Waals surface area (Å²) in [6.45, 7) is 0. The van der Waals surface area contributed by atoms with Crippen LogP contribution in [-0.2, 0) is 4.74 Å². The molecule has 2 rings (SSSR count). The molecule has 1 aromatic rings. The number of halogens is 1. The zero-order chi connectivity index (χ0) is 12.3. The first kappa shape index (κ1) is 12.1. The minimum Gasteiger partial charge on any atom is -0.500 e. The maximum atomic E-state index is 12.2. The van der Waals surface area contributed by atoms with Gasteiger partial charge in [0, 0.05) is 28.5 Å². The molecule has 3 heteroatoms. The molecule has 0 bridgehead atoms. The van der Waals surface area contributed by atoms with Crippen molar-refractivity contribution in [3.8, 4) is 0 Å². The number of carbonyl (C=O) groups is 1. The summed E-state index contributed by atoms with van der Waals surface area (Å²) in [5, 5.41) is 0. The molecule has 0 heterocycles. The molecule has 1 aromatic carbocycles. The Labute approximate surface area is 109 Å². The maximum absolute atomic E-state index is 12.2. The summed E-state index contributed by atoms with van der Waals surface area (Å²) in [5.41, 5.74) is 1.53. The number of ether oxygens (including phenoxy) is 1. The molecular formula is C14H13BrO2. The average molecular weight is 293 g/mol. The van der Waals surface area contributed by atoms with Gasteiger partial charge < -0.3 is 4.74 Å². The van der Waals surface area contributed by atoms with E-state index in [1.54, 1.807) is 7.11 Å². The highest BCUT2D eigenvalue weighted by atomic mass is 79.9. The van der Waals surface area contributed by atoms with E-state index in [1.807, 2.05) is 36.4 Å². The van der Waals surface area contributed by atoms with Crippen molar-refractivity contribution in [2.45, 2.75) is 12.8 Å². The van der Waals surface area contributed by atoms with Crippen LogP contribution in [0.1, 0.15) is 23.2 Å². The Kier molecular flexibility index (Phi) is 3.79. The van der Waals surface area contributed by atoms with Crippen LogP contribution in [0, 0.1) is 0 Å². The van der Waals surface area contributed by atoms with Crippen molar-refractivity contribution in [3.63, 3.8) is 0 Å². The van der Waals surface area contributed by atoms with Gasteiger partial charge in [0.1, 0.15) is 5.76 Å². The number of rotatable bonds is 3. The second-order valence-corrected chi connectivity index (χ2v) is 4.79. The van der Waals surface area contributed by atoms with E-state index in [9.17, 15) is 4.79 Å². The smallest absolute Gasteiger partial charge is 0.189 e. The largest absolute Gasteiger partial charge is 0.500 e. The number of ketones is 1. The van der Waals surface area contributed by atoms with Gasteiger partial charge in [-0.05, 0) is 0 Å². The number of carbonyl (C=O) groups excluding carboxylic acids is 1. The molecule has 0 radical (unpaired) electrons. The SMILES string of the molecule is COC1=C(Br)CC=C(C(=O)c2ccccc2)C1. The zero-order valence-corrected chi connectivity index (χ0v) is 11.2. The van der Waals surface area contributed by atoms with E-state index >= 15 is 0 Å². The van der Waals surface area contributed by atoms with Gasteiger partial charge in [0.25, 0.3) is 0 Å². The Balaban J connectivity index is 2.19. The van der Waals surface area contributed by atoms with Gasteiger partial charge >= 0.3 is 0 Å². The van der Waals surface area contributed by atoms with Crippen LogP contribution in [0.4, 0.5) is 0 Å². The van der Waals surface area contributed by atoms with Crippen LogP contribution in [0.3, 0.4) is 0 Å². The lowest BCUT2D eigenvalue weighted by atomic mass is 9.96. The normalized spacial score (nSPS) is 15.5. The Morgan fingerprint density at radius 1 is 1.29 bits per heavy atom. The van der Waals surface area contributed by atoms with Crippen LogP contribution in [0.2, 0.25) is 0 Å². The van der Waals surface area contributed by atoms with E-state index in [-0.39, 0.29) is 5.78 Å². The molecule has 0 saturated heterocycles. The van der Waals surface area contributed by atoms with Crippen molar-refractivity contribution in [2.75, 3.05) is 7.11 Å². The van der Waals surface area contributed by atoms with Crippen LogP contribution in [0.15, 0.2) is 52.2 Å². The van der Waals surface area contributed by atoms with Gasteiger partial charge in [0.05, 0.1) is 7.11 Å². The van der Waals surface area contributed by atoms with Gasteiger partial charge in [-0.25, -0.2) is 0 Å². The molecule has 2 nitrogen and oxygen atoms in total. The Morgan fingerprint density at radius 3 is 2.65 bits per heavy atom. The summed E-state index contributed by atoms with van der Waals surface area (Å²) < 4.78 is 6.28. The van der Waals surface area contributed by atoms with Crippen molar-refractivity contribution in [3.05, 3.63) is 57.8 Å². The van der Waals surface area contributed by atoms with Crippen LogP contribution < -0.4 is 0 Å². The third-order valence-corrected chi connectivity index (χ3v) is 3.52. The Hall–Kier alpha value is -1.35. The van der Waals surface area contributed by atoms with E-state index in [0.717, 1.165) is 27.8 Å². The summed E-state index contributed by atoms with van der Waals surface area (Å²) in [5.74, 6) is 0.923. The Morgan fingerprint density at radius 2 is 2.00 bits per heavy atom. The van der Waals surface area contributed by atoms with Crippen molar-refractivity contribution in [1.82, 2.24) is 0 Å². The molecule has 0 aromatic heterocycles. The predicted octanol–water partition coefficient (Wildman–Crippen LogP) is 3.84. The van der Waals surface area contributed by atoms with Gasteiger partial charge in [-0.15, -0.1) is 0 Å². The molecule has 17 heavy (non-hydrogen) atoms. The quantitative estimate of drug-likeness (QED) is 0.791. The lowest BCUT2D eigenvalue weighted by Crippen LogP contribution is -2.08. The van der Waals surface area contributed by atoms with Crippen molar-refractivity contribution in [1.29, 1.82) is 0 Å². The van der Waals surface area contributed by atoms with E-state index in [2.05, 4.69) is 15.9 Å². The minimum atomic E-state index is 0.0835. The first-order chi connectivity index (χ1) is 8.22. The summed E-state index contributed by atoms with van der Waals surface area (Å²) in [7, 11) is 1.63. The third-order valence-electron chi connectivity index (χ3n) is 2.76. The highest BCUT2D eigenvalue weighted by Crippen LogP contribution is 2.30. The molecule has 1 aliphatic rings. The summed E-state index contributed by atoms with van der Waals surface area (Å²) >= 11 is 3.45. The molecule has 0 saturated carbocycles. The number of hydrogen-bond acceptors (Lipinski definition) is 2. The topological polar surface area (TPSA) is 26.3 Å². The van der Waals surface area contributed by atoms with Crippen LogP contribution >= 0.6 is 15.9 Å². The second kappa shape index (κ2) is 5.32. The van der Waals surface area contributed by atoms with Gasteiger partial charge in [-0.3, -0.25) is 4.79 Å². The van der Waals surface area contributed by atoms with Gasteiger partial charge in [0.2, 0.25) is 0 Å². The van der Waals surface area contributed by atoms with E-state index in [0.29, 0.717) is 6.42 Å². The lowest BCUT2D eigenvalue weighted by molar-refractivity contribution is 0.102. The van der Waals surface area contributed by atoms with Crippen LogP contribution in [0.25, 0.3) is 0 Å². The molecular weight excluding hydrogens is 280 g/mol. The van der Waals surface area contributed by atoms with Crippen LogP contribution in [-0.4, -0.2) is 12.9 Å². The minimum absolute atomic E-state index is 0.0835. The molecule has 0 amide bonds. The first-order valence-corrected chi connectivity index (χ1v) is 6.22. The van der Waals surface area contributed by atoms with Gasteiger partial charge in [-0.1, -0.05) is 52.3 Å². The number of hydrogen-bond donors (Lipinski definition) is 0. The van der Waals surface area contributed by atoms with Gasteiger partial charge in [0.15, 0.2) is 5.78 Å². The average Bonchev–Trinajstić information content (AvgIpc) is 2.39. The molecule has 0 spiro atoms. The first-order valence-electron chi connectivity index (χ1n) is 5.42.